The molecule has 0 radical (unpaired) electrons. The van der Waals surface area contributed by atoms with Gasteiger partial charge in [-0.3, -0.25) is 4.79 Å². The Bertz CT molecular complexity index is 749. The Labute approximate surface area is 134 Å². The molecule has 0 saturated carbocycles. The van der Waals surface area contributed by atoms with Crippen LogP contribution in [0, 0.1) is 0 Å². The van der Waals surface area contributed by atoms with Gasteiger partial charge < -0.3 is 21.2 Å². The van der Waals surface area contributed by atoms with Crippen LogP contribution in [0.5, 0.6) is 0 Å². The van der Waals surface area contributed by atoms with Crippen LogP contribution in [0.1, 0.15) is 40.1 Å². The molecule has 0 aliphatic heterocycles. The molecule has 2 aromatic rings. The third-order valence-corrected chi connectivity index (χ3v) is 4.00. The van der Waals surface area contributed by atoms with Crippen molar-refractivity contribution in [3.05, 3.63) is 53.0 Å². The summed E-state index contributed by atoms with van der Waals surface area (Å²) in [5.74, 6) is 0.339. The van der Waals surface area contributed by atoms with Crippen molar-refractivity contribution < 1.29 is 9.21 Å². The number of primary amides is 1. The van der Waals surface area contributed by atoms with Gasteiger partial charge in [-0.15, -0.1) is 0 Å². The summed E-state index contributed by atoms with van der Waals surface area (Å²) in [6, 6.07) is 7.79. The molecule has 1 heterocycles. The molecule has 1 aliphatic rings. The molecule has 0 fully saturated rings. The first-order valence-corrected chi connectivity index (χ1v) is 7.68. The summed E-state index contributed by atoms with van der Waals surface area (Å²) < 4.78 is 5.23. The van der Waals surface area contributed by atoms with Crippen LogP contribution in [-0.4, -0.2) is 11.9 Å². The maximum atomic E-state index is 11.0. The predicted molar refractivity (Wildman–Crippen MR) is 89.3 cm³/mol. The molecule has 1 aromatic heterocycles. The highest BCUT2D eigenvalue weighted by Crippen LogP contribution is 2.27. The fraction of sp³-hybridized carbons (Fsp3) is 0.294. The van der Waals surface area contributed by atoms with E-state index in [-0.39, 0.29) is 6.54 Å². The second-order valence-corrected chi connectivity index (χ2v) is 5.64. The summed E-state index contributed by atoms with van der Waals surface area (Å²) in [6.45, 7) is 0.251. The molecule has 0 saturated heterocycles. The van der Waals surface area contributed by atoms with Gasteiger partial charge in [0.1, 0.15) is 18.6 Å². The van der Waals surface area contributed by atoms with Gasteiger partial charge in [-0.25, -0.2) is 4.99 Å². The lowest BCUT2D eigenvalue weighted by Gasteiger charge is -2.19. The average molecular weight is 312 g/mol. The number of hydrogen-bond donors (Lipinski definition) is 3. The van der Waals surface area contributed by atoms with Gasteiger partial charge in [-0.05, 0) is 48.9 Å². The molecule has 0 spiro atoms. The van der Waals surface area contributed by atoms with Crippen LogP contribution in [0.25, 0.3) is 0 Å². The van der Waals surface area contributed by atoms with E-state index in [9.17, 15) is 4.79 Å². The molecule has 0 bridgehead atoms. The van der Waals surface area contributed by atoms with Crippen molar-refractivity contribution in [3.63, 3.8) is 0 Å². The number of carbonyl (C=O) groups is 1. The molecule has 120 valence electrons. The maximum absolute atomic E-state index is 11.0. The highest BCUT2D eigenvalue weighted by atomic mass is 16.3. The summed E-state index contributed by atoms with van der Waals surface area (Å²) in [6.07, 6.45) is 5.94. The van der Waals surface area contributed by atoms with E-state index < -0.39 is 5.91 Å². The van der Waals surface area contributed by atoms with Crippen molar-refractivity contribution in [2.24, 2.45) is 16.5 Å². The van der Waals surface area contributed by atoms with Gasteiger partial charge >= 0.3 is 0 Å². The van der Waals surface area contributed by atoms with E-state index in [0.717, 1.165) is 18.5 Å². The van der Waals surface area contributed by atoms with Gasteiger partial charge in [-0.1, -0.05) is 12.1 Å². The lowest BCUT2D eigenvalue weighted by atomic mass is 9.90. The molecule has 0 unspecified atom stereocenters. The summed E-state index contributed by atoms with van der Waals surface area (Å²) in [7, 11) is 0. The van der Waals surface area contributed by atoms with Crippen LogP contribution in [0.15, 0.2) is 39.9 Å². The number of nitrogens with two attached hydrogens (primary N) is 2. The van der Waals surface area contributed by atoms with E-state index in [1.165, 1.54) is 30.2 Å². The molecule has 6 heteroatoms. The number of carbonyl (C=O) groups excluding carboxylic acids is 1. The van der Waals surface area contributed by atoms with Crippen LogP contribution in [0.3, 0.4) is 0 Å². The smallest absolute Gasteiger partial charge is 0.251 e. The summed E-state index contributed by atoms with van der Waals surface area (Å²) in [5, 5.41) is 3.16. The number of nitrogens with one attached hydrogen (secondary N) is 1. The van der Waals surface area contributed by atoms with Crippen molar-refractivity contribution in [2.75, 3.05) is 5.32 Å². The first kappa shape index (κ1) is 15.1. The van der Waals surface area contributed by atoms with E-state index in [0.29, 0.717) is 17.3 Å². The molecular weight excluding hydrogens is 292 g/mol. The molecule has 6 nitrogen and oxygen atoms in total. The second kappa shape index (κ2) is 6.56. The van der Waals surface area contributed by atoms with Crippen molar-refractivity contribution >= 4 is 17.6 Å². The maximum Gasteiger partial charge on any atom is 0.251 e. The Balaban J connectivity index is 1.69. The Hall–Kier alpha value is -2.76. The SMILES string of the molecule is NC(=O)c1coc(CN=C(N)Nc2cccc3c2CCCC3)c1. The quantitative estimate of drug-likeness (QED) is 0.594. The molecule has 23 heavy (non-hydrogen) atoms. The van der Waals surface area contributed by atoms with Gasteiger partial charge in [-0.2, -0.15) is 0 Å². The number of guanidine groups is 1. The van der Waals surface area contributed by atoms with Crippen LogP contribution in [-0.2, 0) is 19.4 Å². The second-order valence-electron chi connectivity index (χ2n) is 5.64. The molecule has 0 atom stereocenters. The standard InChI is InChI=1S/C17H20N4O2/c18-16(22)12-8-13(23-10-12)9-20-17(19)21-15-7-3-5-11-4-1-2-6-14(11)15/h3,5,7-8,10H,1-2,4,6,9H2,(H2,18,22)(H3,19,20,21). The zero-order valence-electron chi connectivity index (χ0n) is 12.8. The zero-order chi connectivity index (χ0) is 16.2. The van der Waals surface area contributed by atoms with Crippen molar-refractivity contribution in [1.29, 1.82) is 0 Å². The Morgan fingerprint density at radius 3 is 2.87 bits per heavy atom. The predicted octanol–water partition coefficient (Wildman–Crippen LogP) is 2.18. The average Bonchev–Trinajstić information content (AvgIpc) is 3.03. The van der Waals surface area contributed by atoms with E-state index in [2.05, 4.69) is 16.4 Å². The number of aryl methyl sites for hydroxylation is 1. The summed E-state index contributed by atoms with van der Waals surface area (Å²) >= 11 is 0. The van der Waals surface area contributed by atoms with Gasteiger partial charge in [0.15, 0.2) is 5.96 Å². The topological polar surface area (TPSA) is 107 Å². The third-order valence-electron chi connectivity index (χ3n) is 4.00. The number of hydrogen-bond acceptors (Lipinski definition) is 3. The summed E-state index contributed by atoms with van der Waals surface area (Å²) in [4.78, 5) is 15.3. The van der Waals surface area contributed by atoms with Crippen molar-refractivity contribution in [2.45, 2.75) is 32.2 Å². The zero-order valence-corrected chi connectivity index (χ0v) is 12.8. The number of rotatable bonds is 4. The lowest BCUT2D eigenvalue weighted by molar-refractivity contribution is 0.0999. The monoisotopic (exact) mass is 312 g/mol. The van der Waals surface area contributed by atoms with Crippen molar-refractivity contribution in [1.82, 2.24) is 0 Å². The Morgan fingerprint density at radius 1 is 1.26 bits per heavy atom. The van der Waals surface area contributed by atoms with E-state index in [1.54, 1.807) is 6.07 Å². The molecule has 1 amide bonds. The molecule has 3 rings (SSSR count). The molecule has 5 N–H and O–H groups in total. The van der Waals surface area contributed by atoms with Crippen LogP contribution in [0.2, 0.25) is 0 Å². The Morgan fingerprint density at radius 2 is 2.09 bits per heavy atom. The van der Waals surface area contributed by atoms with Crippen molar-refractivity contribution in [3.8, 4) is 0 Å². The highest BCUT2D eigenvalue weighted by molar-refractivity contribution is 5.93. The number of furan rings is 1. The number of anilines is 1. The first-order valence-electron chi connectivity index (χ1n) is 7.68. The van der Waals surface area contributed by atoms with E-state index >= 15 is 0 Å². The largest absolute Gasteiger partial charge is 0.467 e. The first-order chi connectivity index (χ1) is 11.1. The number of fused-ring (bicyclic) bond motifs is 1. The lowest BCUT2D eigenvalue weighted by Crippen LogP contribution is -2.24. The number of benzene rings is 1. The number of nitrogens with zero attached hydrogens (tertiary/aromatic N) is 1. The van der Waals surface area contributed by atoms with Crippen LogP contribution < -0.4 is 16.8 Å². The fourth-order valence-electron chi connectivity index (χ4n) is 2.83. The van der Waals surface area contributed by atoms with Gasteiger partial charge in [0.25, 0.3) is 5.91 Å². The number of aliphatic imine (C=N–C) groups is 1. The highest BCUT2D eigenvalue weighted by Gasteiger charge is 2.13. The fourth-order valence-corrected chi connectivity index (χ4v) is 2.83. The molecular formula is C17H20N4O2. The normalized spacial score (nSPS) is 14.3. The van der Waals surface area contributed by atoms with Crippen LogP contribution in [0.4, 0.5) is 5.69 Å². The van der Waals surface area contributed by atoms with E-state index in [1.807, 2.05) is 12.1 Å². The van der Waals surface area contributed by atoms with Gasteiger partial charge in [0.05, 0.1) is 5.56 Å². The minimum atomic E-state index is -0.522. The molecule has 1 aromatic carbocycles. The van der Waals surface area contributed by atoms with E-state index in [4.69, 9.17) is 15.9 Å². The van der Waals surface area contributed by atoms with Gasteiger partial charge in [0.2, 0.25) is 0 Å². The van der Waals surface area contributed by atoms with Crippen LogP contribution >= 0.6 is 0 Å². The number of amides is 1. The Kier molecular flexibility index (Phi) is 4.32. The summed E-state index contributed by atoms with van der Waals surface area (Å²) in [5.41, 5.74) is 15.2. The minimum Gasteiger partial charge on any atom is -0.467 e. The minimum absolute atomic E-state index is 0.251. The van der Waals surface area contributed by atoms with Gasteiger partial charge in [0, 0.05) is 5.69 Å². The third kappa shape index (κ3) is 3.53. The molecule has 1 aliphatic carbocycles.